The molecule has 0 fully saturated rings. The summed E-state index contributed by atoms with van der Waals surface area (Å²) in [5, 5.41) is 7.73. The largest absolute Gasteiger partial charge is 0.207 e. The van der Waals surface area contributed by atoms with Gasteiger partial charge in [0.1, 0.15) is 5.82 Å². The van der Waals surface area contributed by atoms with Crippen molar-refractivity contribution in [1.82, 2.24) is 10.2 Å². The molecule has 4 heteroatoms. The van der Waals surface area contributed by atoms with E-state index in [0.29, 0.717) is 0 Å². The Hall–Kier alpha value is -1.29. The first kappa shape index (κ1) is 9.27. The van der Waals surface area contributed by atoms with Crippen LogP contribution in [-0.2, 0) is 0 Å². The van der Waals surface area contributed by atoms with Crippen LogP contribution in [0.5, 0.6) is 0 Å². The smallest absolute Gasteiger partial charge is 0.123 e. The molecule has 0 N–H and O–H groups in total. The third-order valence-corrected chi connectivity index (χ3v) is 2.19. The highest BCUT2D eigenvalue weighted by molar-refractivity contribution is 9.10. The Kier molecular flexibility index (Phi) is 2.54. The lowest BCUT2D eigenvalue weighted by Crippen LogP contribution is -1.86. The molecular formula is C10H6BrFN2. The van der Waals surface area contributed by atoms with Gasteiger partial charge in [-0.1, -0.05) is 0 Å². The third kappa shape index (κ3) is 1.96. The number of benzene rings is 1. The normalized spacial score (nSPS) is 10.1. The van der Waals surface area contributed by atoms with Crippen LogP contribution in [0.4, 0.5) is 4.39 Å². The first-order valence-corrected chi connectivity index (χ1v) is 4.79. The van der Waals surface area contributed by atoms with Crippen LogP contribution in [0.2, 0.25) is 0 Å². The summed E-state index contributed by atoms with van der Waals surface area (Å²) in [5.41, 5.74) is 1.57. The van der Waals surface area contributed by atoms with Gasteiger partial charge in [-0.25, -0.2) is 4.39 Å². The van der Waals surface area contributed by atoms with E-state index in [2.05, 4.69) is 26.1 Å². The molecule has 14 heavy (non-hydrogen) atoms. The number of hydrogen-bond acceptors (Lipinski definition) is 2. The Labute approximate surface area is 88.9 Å². The first-order chi connectivity index (χ1) is 6.75. The zero-order valence-electron chi connectivity index (χ0n) is 7.11. The maximum Gasteiger partial charge on any atom is 0.123 e. The van der Waals surface area contributed by atoms with Crippen LogP contribution < -0.4 is 0 Å². The fourth-order valence-corrected chi connectivity index (χ4v) is 1.41. The second kappa shape index (κ2) is 3.84. The van der Waals surface area contributed by atoms with Gasteiger partial charge in [-0.15, -0.1) is 0 Å². The molecule has 0 spiro atoms. The van der Waals surface area contributed by atoms with Crippen molar-refractivity contribution in [3.05, 3.63) is 46.8 Å². The molecule has 1 aromatic heterocycles. The van der Waals surface area contributed by atoms with E-state index in [9.17, 15) is 4.39 Å². The summed E-state index contributed by atoms with van der Waals surface area (Å²) in [6.07, 6.45) is 1.60. The molecule has 2 rings (SSSR count). The molecule has 1 heterocycles. The summed E-state index contributed by atoms with van der Waals surface area (Å²) < 4.78 is 13.5. The van der Waals surface area contributed by atoms with E-state index in [1.54, 1.807) is 18.3 Å². The van der Waals surface area contributed by atoms with Gasteiger partial charge in [0, 0.05) is 10.0 Å². The van der Waals surface area contributed by atoms with Crippen LogP contribution >= 0.6 is 15.9 Å². The van der Waals surface area contributed by atoms with Crippen LogP contribution in [0, 0.1) is 5.82 Å². The lowest BCUT2D eigenvalue weighted by molar-refractivity contribution is 0.628. The Morgan fingerprint density at radius 2 is 1.86 bits per heavy atom. The summed E-state index contributed by atoms with van der Waals surface area (Å²) in [4.78, 5) is 0. The molecule has 0 aliphatic rings. The van der Waals surface area contributed by atoms with Crippen molar-refractivity contribution in [3.8, 4) is 11.3 Å². The topological polar surface area (TPSA) is 25.8 Å². The third-order valence-electron chi connectivity index (χ3n) is 1.76. The summed E-state index contributed by atoms with van der Waals surface area (Å²) in [7, 11) is 0. The van der Waals surface area contributed by atoms with Crippen LogP contribution in [-0.4, -0.2) is 10.2 Å². The molecule has 0 aliphatic carbocycles. The van der Waals surface area contributed by atoms with Gasteiger partial charge < -0.3 is 0 Å². The maximum atomic E-state index is 12.6. The molecule has 1 aromatic carbocycles. The molecule has 0 saturated heterocycles. The van der Waals surface area contributed by atoms with E-state index >= 15 is 0 Å². The molecule has 0 radical (unpaired) electrons. The van der Waals surface area contributed by atoms with E-state index in [1.807, 2.05) is 6.07 Å². The highest BCUT2D eigenvalue weighted by Gasteiger charge is 2.00. The van der Waals surface area contributed by atoms with E-state index < -0.39 is 0 Å². The van der Waals surface area contributed by atoms with Crippen LogP contribution in [0.15, 0.2) is 41.0 Å². The zero-order valence-corrected chi connectivity index (χ0v) is 8.70. The number of hydrogen-bond donors (Lipinski definition) is 0. The van der Waals surface area contributed by atoms with Gasteiger partial charge in [-0.3, -0.25) is 0 Å². The second-order valence-electron chi connectivity index (χ2n) is 2.77. The average Bonchev–Trinajstić information content (AvgIpc) is 2.19. The van der Waals surface area contributed by atoms with Crippen molar-refractivity contribution >= 4 is 15.9 Å². The van der Waals surface area contributed by atoms with Gasteiger partial charge in [0.05, 0.1) is 11.9 Å². The van der Waals surface area contributed by atoms with Crippen molar-refractivity contribution in [2.75, 3.05) is 0 Å². The van der Waals surface area contributed by atoms with E-state index in [4.69, 9.17) is 0 Å². The minimum Gasteiger partial charge on any atom is -0.207 e. The highest BCUT2D eigenvalue weighted by Crippen LogP contribution is 2.19. The van der Waals surface area contributed by atoms with Crippen LogP contribution in [0.1, 0.15) is 0 Å². The second-order valence-corrected chi connectivity index (χ2v) is 3.68. The fraction of sp³-hybridized carbons (Fsp3) is 0. The SMILES string of the molecule is Fc1ccc(-c2cc(Br)cnn2)cc1. The standard InChI is InChI=1S/C10H6BrFN2/c11-8-5-10(14-13-6-8)7-1-3-9(12)4-2-7/h1-6H. The molecule has 2 aromatic rings. The Balaban J connectivity index is 2.44. The number of nitrogens with zero attached hydrogens (tertiary/aromatic N) is 2. The predicted molar refractivity (Wildman–Crippen MR) is 55.1 cm³/mol. The van der Waals surface area contributed by atoms with Gasteiger partial charge in [0.2, 0.25) is 0 Å². The Morgan fingerprint density at radius 1 is 1.14 bits per heavy atom. The van der Waals surface area contributed by atoms with Crippen molar-refractivity contribution < 1.29 is 4.39 Å². The van der Waals surface area contributed by atoms with E-state index in [1.165, 1.54) is 12.1 Å². The number of aromatic nitrogens is 2. The summed E-state index contributed by atoms with van der Waals surface area (Å²) in [5.74, 6) is -0.253. The molecule has 2 nitrogen and oxygen atoms in total. The minimum absolute atomic E-state index is 0.253. The number of halogens is 2. The molecule has 0 aliphatic heterocycles. The summed E-state index contributed by atoms with van der Waals surface area (Å²) in [6, 6.07) is 7.98. The van der Waals surface area contributed by atoms with Gasteiger partial charge in [0.25, 0.3) is 0 Å². The summed E-state index contributed by atoms with van der Waals surface area (Å²) in [6.45, 7) is 0. The zero-order chi connectivity index (χ0) is 9.97. The molecule has 0 unspecified atom stereocenters. The molecule has 70 valence electrons. The van der Waals surface area contributed by atoms with E-state index in [0.717, 1.165) is 15.7 Å². The monoisotopic (exact) mass is 252 g/mol. The number of rotatable bonds is 1. The lowest BCUT2D eigenvalue weighted by Gasteiger charge is -1.99. The molecule has 0 amide bonds. The van der Waals surface area contributed by atoms with Crippen molar-refractivity contribution in [2.24, 2.45) is 0 Å². The molecule has 0 bridgehead atoms. The molecule has 0 saturated carbocycles. The van der Waals surface area contributed by atoms with Gasteiger partial charge in [-0.05, 0) is 46.3 Å². The fourth-order valence-electron chi connectivity index (χ4n) is 1.10. The van der Waals surface area contributed by atoms with Crippen LogP contribution in [0.25, 0.3) is 11.3 Å². The first-order valence-electron chi connectivity index (χ1n) is 4.00. The van der Waals surface area contributed by atoms with Gasteiger partial charge in [0.15, 0.2) is 0 Å². The maximum absolute atomic E-state index is 12.6. The summed E-state index contributed by atoms with van der Waals surface area (Å²) >= 11 is 3.30. The molecular weight excluding hydrogens is 247 g/mol. The van der Waals surface area contributed by atoms with Gasteiger partial charge >= 0.3 is 0 Å². The quantitative estimate of drug-likeness (QED) is 0.780. The predicted octanol–water partition coefficient (Wildman–Crippen LogP) is 3.05. The lowest BCUT2D eigenvalue weighted by atomic mass is 10.1. The minimum atomic E-state index is -0.253. The molecule has 0 atom stereocenters. The van der Waals surface area contributed by atoms with Crippen molar-refractivity contribution in [2.45, 2.75) is 0 Å². The van der Waals surface area contributed by atoms with Crippen LogP contribution in [0.3, 0.4) is 0 Å². The van der Waals surface area contributed by atoms with Crippen molar-refractivity contribution in [3.63, 3.8) is 0 Å². The Morgan fingerprint density at radius 3 is 2.50 bits per heavy atom. The van der Waals surface area contributed by atoms with Gasteiger partial charge in [-0.2, -0.15) is 10.2 Å². The highest BCUT2D eigenvalue weighted by atomic mass is 79.9. The average molecular weight is 253 g/mol. The van der Waals surface area contributed by atoms with E-state index in [-0.39, 0.29) is 5.82 Å². The van der Waals surface area contributed by atoms with Crippen molar-refractivity contribution in [1.29, 1.82) is 0 Å². The Bertz CT molecular complexity index is 442.